The van der Waals surface area contributed by atoms with Gasteiger partial charge in [-0.15, -0.1) is 0 Å². The van der Waals surface area contributed by atoms with Crippen LogP contribution in [0.15, 0.2) is 25.0 Å². The van der Waals surface area contributed by atoms with Crippen LogP contribution in [-0.4, -0.2) is 124 Å². The molecule has 2 aliphatic heterocycles. The number of carbonyl (C=O) groups excluding carboxylic acids is 2. The van der Waals surface area contributed by atoms with E-state index in [2.05, 4.69) is 19.9 Å². The lowest BCUT2D eigenvalue weighted by molar-refractivity contribution is -0.137. The highest BCUT2D eigenvalue weighted by atomic mass is 19.4. The van der Waals surface area contributed by atoms with E-state index < -0.39 is 83.6 Å². The van der Waals surface area contributed by atoms with Crippen LogP contribution in [0.5, 0.6) is 0 Å². The van der Waals surface area contributed by atoms with Gasteiger partial charge in [-0.2, -0.15) is 26.3 Å². The number of aromatic nitrogens is 6. The summed E-state index contributed by atoms with van der Waals surface area (Å²) in [6.07, 6.45) is -6.76. The molecule has 2 aliphatic carbocycles. The van der Waals surface area contributed by atoms with Crippen molar-refractivity contribution in [2.24, 2.45) is 0 Å². The van der Waals surface area contributed by atoms with Crippen molar-refractivity contribution in [3.05, 3.63) is 36.2 Å². The molecule has 8 rings (SSSR count). The van der Waals surface area contributed by atoms with Gasteiger partial charge >= 0.3 is 24.5 Å². The van der Waals surface area contributed by atoms with Gasteiger partial charge in [0.1, 0.15) is 46.8 Å². The molecule has 0 radical (unpaired) electrons. The van der Waals surface area contributed by atoms with E-state index in [0.29, 0.717) is 12.8 Å². The summed E-state index contributed by atoms with van der Waals surface area (Å²) in [5.41, 5.74) is -3.28. The summed E-state index contributed by atoms with van der Waals surface area (Å²) in [4.78, 5) is 48.6. The van der Waals surface area contributed by atoms with Crippen LogP contribution in [0.3, 0.4) is 0 Å². The number of nitrogens with zero attached hydrogens (tertiary/aromatic N) is 10. The van der Waals surface area contributed by atoms with Crippen molar-refractivity contribution in [1.82, 2.24) is 38.9 Å². The van der Waals surface area contributed by atoms with E-state index in [-0.39, 0.29) is 110 Å². The summed E-state index contributed by atoms with van der Waals surface area (Å²) < 4.78 is 155. The number of hydrogen-bond acceptors (Lipinski definition) is 10. The van der Waals surface area contributed by atoms with Gasteiger partial charge in [0.05, 0.1) is 21.9 Å². The van der Waals surface area contributed by atoms with E-state index in [1.54, 1.807) is 88.8 Å². The van der Waals surface area contributed by atoms with E-state index in [4.69, 9.17) is 9.47 Å². The summed E-state index contributed by atoms with van der Waals surface area (Å²) in [6, 6.07) is -3.08. The molecule has 72 heavy (non-hydrogen) atoms. The highest BCUT2D eigenvalue weighted by Crippen LogP contribution is 2.47. The highest BCUT2D eigenvalue weighted by Gasteiger charge is 2.46. The zero-order chi connectivity index (χ0) is 53.3. The lowest BCUT2D eigenvalue weighted by atomic mass is 9.92. The molecule has 0 aromatic carbocycles. The third-order valence-electron chi connectivity index (χ3n) is 13.6. The Bertz CT molecular complexity index is 2430. The Morgan fingerprint density at radius 3 is 1.21 bits per heavy atom. The molecule has 24 heteroatoms. The number of fused-ring (bicyclic) bond motifs is 2. The summed E-state index contributed by atoms with van der Waals surface area (Å²) >= 11 is 0. The number of amides is 2. The van der Waals surface area contributed by atoms with Gasteiger partial charge in [-0.05, 0) is 94.9 Å². The molecule has 4 aliphatic rings. The molecule has 6 atom stereocenters. The number of carbonyl (C=O) groups is 2. The maximum absolute atomic E-state index is 14.2. The van der Waals surface area contributed by atoms with E-state index in [1.807, 2.05) is 0 Å². The summed E-state index contributed by atoms with van der Waals surface area (Å²) in [5.74, 6) is -5.71. The minimum atomic E-state index is -4.73. The smallest absolute Gasteiger partial charge is 0.418 e. The molecule has 2 saturated carbocycles. The van der Waals surface area contributed by atoms with Crippen LogP contribution in [0.25, 0.3) is 22.1 Å². The average molecular weight is 1040 g/mol. The predicted octanol–water partition coefficient (Wildman–Crippen LogP) is 12.1. The number of hydrogen-bond donors (Lipinski definition) is 0. The zero-order valence-corrected chi connectivity index (χ0v) is 42.1. The molecule has 2 amide bonds. The molecular formula is C48H64F10N10O4. The van der Waals surface area contributed by atoms with Crippen LogP contribution in [0.1, 0.15) is 144 Å². The molecule has 0 bridgehead atoms. The Morgan fingerprint density at radius 1 is 0.556 bits per heavy atom. The molecule has 400 valence electrons. The van der Waals surface area contributed by atoms with Crippen molar-refractivity contribution in [2.75, 3.05) is 36.0 Å². The van der Waals surface area contributed by atoms with Crippen LogP contribution < -0.4 is 9.80 Å². The number of anilines is 2. The van der Waals surface area contributed by atoms with Crippen molar-refractivity contribution >= 4 is 45.9 Å². The van der Waals surface area contributed by atoms with Gasteiger partial charge in [-0.25, -0.2) is 47.1 Å². The van der Waals surface area contributed by atoms with E-state index >= 15 is 0 Å². The van der Waals surface area contributed by atoms with Crippen molar-refractivity contribution in [1.29, 1.82) is 0 Å². The molecule has 0 N–H and O–H groups in total. The topological polar surface area (TPSA) is 127 Å². The Balaban J connectivity index is 0.000000211. The molecular weight excluding hydrogens is 971 g/mol. The molecule has 14 nitrogen and oxygen atoms in total. The largest absolute Gasteiger partial charge is 0.444 e. The van der Waals surface area contributed by atoms with Crippen LogP contribution in [0.2, 0.25) is 0 Å². The fourth-order valence-corrected chi connectivity index (χ4v) is 10.3. The molecule has 4 aromatic heterocycles. The van der Waals surface area contributed by atoms with Crippen LogP contribution in [0.4, 0.5) is 65.1 Å². The first kappa shape index (κ1) is 54.5. The summed E-state index contributed by atoms with van der Waals surface area (Å²) in [7, 11) is 0. The lowest BCUT2D eigenvalue weighted by Gasteiger charge is -2.44. The van der Waals surface area contributed by atoms with E-state index in [1.165, 1.54) is 21.8 Å². The third-order valence-corrected chi connectivity index (χ3v) is 13.6. The van der Waals surface area contributed by atoms with Crippen molar-refractivity contribution < 1.29 is 63.0 Å². The molecule has 4 aromatic rings. The monoisotopic (exact) mass is 1030 g/mol. The van der Waals surface area contributed by atoms with Gasteiger partial charge in [0.2, 0.25) is 11.8 Å². The van der Waals surface area contributed by atoms with Gasteiger partial charge < -0.3 is 38.2 Å². The standard InChI is InChI=1S/2C24H32F5N5O2/c2*1-14-11-33(21(35)36-22(3,4)5)15(2)10-32(14)19-18-17(24(27,28)29)12-34(20(18)31-13-30-19)16-7-6-8-23(25,26)9-16/h2*12-16H,6-11H2,1-5H3/t14-,15+,16?;14-,15+,16+/m00/s1. The normalized spacial score (nSPS) is 25.3. The third kappa shape index (κ3) is 11.9. The van der Waals surface area contributed by atoms with E-state index in [0.717, 1.165) is 12.4 Å². The first-order valence-electron chi connectivity index (χ1n) is 24.3. The predicted molar refractivity (Wildman–Crippen MR) is 248 cm³/mol. The molecule has 1 unspecified atom stereocenters. The lowest BCUT2D eigenvalue weighted by Crippen LogP contribution is -2.59. The second-order valence-corrected chi connectivity index (χ2v) is 21.9. The highest BCUT2D eigenvalue weighted by molar-refractivity contribution is 5.93. The van der Waals surface area contributed by atoms with Crippen LogP contribution in [0, 0.1) is 0 Å². The van der Waals surface area contributed by atoms with Gasteiger partial charge in [0, 0.05) is 101 Å². The van der Waals surface area contributed by atoms with Crippen molar-refractivity contribution in [3.8, 4) is 0 Å². The van der Waals surface area contributed by atoms with Crippen molar-refractivity contribution in [2.45, 2.75) is 192 Å². The van der Waals surface area contributed by atoms with Gasteiger partial charge in [0.15, 0.2) is 0 Å². The number of piperazine rings is 2. The average Bonchev–Trinajstić information content (AvgIpc) is 3.84. The summed E-state index contributed by atoms with van der Waals surface area (Å²) in [6.45, 7) is 18.6. The Morgan fingerprint density at radius 2 is 0.903 bits per heavy atom. The summed E-state index contributed by atoms with van der Waals surface area (Å²) in [5, 5.41) is -0.410. The first-order valence-corrected chi connectivity index (χ1v) is 24.3. The molecule has 0 spiro atoms. The fourth-order valence-electron chi connectivity index (χ4n) is 10.3. The Hall–Kier alpha value is -5.32. The maximum Gasteiger partial charge on any atom is 0.418 e. The quantitative estimate of drug-likeness (QED) is 0.182. The maximum atomic E-state index is 14.2. The van der Waals surface area contributed by atoms with Crippen LogP contribution >= 0.6 is 0 Å². The number of ether oxygens (including phenoxy) is 2. The van der Waals surface area contributed by atoms with Gasteiger partial charge in [-0.1, -0.05) is 0 Å². The number of rotatable bonds is 4. The SMILES string of the molecule is C[C@@H]1CN(c2ncnc3c2c(C(F)(F)F)cn3C2CCCC(F)(F)C2)[C@@H](C)CN1C(=O)OC(C)(C)C.C[C@@H]1CN(c2ncnc3c2c(C(F)(F)F)cn3[C@@H]2CCCC(F)(F)C2)[C@@H](C)CN1C(=O)OC(C)(C)C. The number of alkyl halides is 10. The molecule has 4 fully saturated rings. The first-order chi connectivity index (χ1) is 33.1. The molecule has 6 heterocycles. The minimum absolute atomic E-state index is 0.00977. The Labute approximate surface area is 411 Å². The second kappa shape index (κ2) is 19.5. The van der Waals surface area contributed by atoms with Crippen molar-refractivity contribution in [3.63, 3.8) is 0 Å². The fraction of sp³-hybridized carbons (Fsp3) is 0.708. The number of halogens is 10. The van der Waals surface area contributed by atoms with E-state index in [9.17, 15) is 53.5 Å². The van der Waals surface area contributed by atoms with Gasteiger partial charge in [-0.3, -0.25) is 0 Å². The Kier molecular flexibility index (Phi) is 14.8. The second-order valence-electron chi connectivity index (χ2n) is 21.9. The minimum Gasteiger partial charge on any atom is -0.444 e. The van der Waals surface area contributed by atoms with Gasteiger partial charge in [0.25, 0.3) is 0 Å². The molecule has 2 saturated heterocycles. The van der Waals surface area contributed by atoms with Crippen LogP contribution in [-0.2, 0) is 21.8 Å². The zero-order valence-electron chi connectivity index (χ0n) is 42.1.